The molecule has 0 saturated heterocycles. The molecule has 0 radical (unpaired) electrons. The van der Waals surface area contributed by atoms with Gasteiger partial charge in [-0.05, 0) is 64.7 Å². The minimum atomic E-state index is 0.222. The number of rotatable bonds is 2. The van der Waals surface area contributed by atoms with Crippen LogP contribution in [0.5, 0.6) is 0 Å². The quantitative estimate of drug-likeness (QED) is 0.597. The standard InChI is InChI=1S/C15H14Br2ClN/c1-8-5-12(18)6-13(17)14(8)10(3)15-9(2)4-11(16)7-19-15/h4-7,10H,1-3H3. The average molecular weight is 404 g/mol. The zero-order chi connectivity index (χ0) is 14.2. The molecule has 19 heavy (non-hydrogen) atoms. The maximum Gasteiger partial charge on any atom is 0.0506 e. The Morgan fingerprint density at radius 1 is 1.11 bits per heavy atom. The average Bonchev–Trinajstić information content (AvgIpc) is 2.26. The Labute approximate surface area is 135 Å². The molecule has 0 aliphatic heterocycles. The molecule has 1 nitrogen and oxygen atoms in total. The first kappa shape index (κ1) is 15.0. The summed E-state index contributed by atoms with van der Waals surface area (Å²) in [5.74, 6) is 0.222. The summed E-state index contributed by atoms with van der Waals surface area (Å²) in [6.45, 7) is 6.34. The van der Waals surface area contributed by atoms with Gasteiger partial charge in [0.2, 0.25) is 0 Å². The monoisotopic (exact) mass is 401 g/mol. The lowest BCUT2D eigenvalue weighted by atomic mass is 9.91. The van der Waals surface area contributed by atoms with Crippen molar-refractivity contribution in [2.24, 2.45) is 0 Å². The number of hydrogen-bond donors (Lipinski definition) is 0. The summed E-state index contributed by atoms with van der Waals surface area (Å²) in [5, 5.41) is 0.751. The Kier molecular flexibility index (Phi) is 4.70. The molecule has 1 heterocycles. The van der Waals surface area contributed by atoms with Gasteiger partial charge in [0.25, 0.3) is 0 Å². The van der Waals surface area contributed by atoms with E-state index in [1.165, 1.54) is 16.7 Å². The summed E-state index contributed by atoms with van der Waals surface area (Å²) in [5.41, 5.74) is 4.69. The summed E-state index contributed by atoms with van der Waals surface area (Å²) in [4.78, 5) is 4.56. The summed E-state index contributed by atoms with van der Waals surface area (Å²) >= 11 is 13.1. The van der Waals surface area contributed by atoms with Crippen LogP contribution in [0, 0.1) is 13.8 Å². The van der Waals surface area contributed by atoms with Crippen molar-refractivity contribution in [3.63, 3.8) is 0 Å². The third-order valence-corrected chi connectivity index (χ3v) is 4.54. The second-order valence-corrected chi connectivity index (χ2v) is 6.90. The van der Waals surface area contributed by atoms with E-state index in [2.05, 4.69) is 63.7 Å². The number of hydrogen-bond acceptors (Lipinski definition) is 1. The van der Waals surface area contributed by atoms with E-state index in [0.717, 1.165) is 19.7 Å². The van der Waals surface area contributed by atoms with E-state index in [9.17, 15) is 0 Å². The lowest BCUT2D eigenvalue weighted by Crippen LogP contribution is -2.05. The van der Waals surface area contributed by atoms with Crippen LogP contribution in [0.15, 0.2) is 33.3 Å². The molecule has 4 heteroatoms. The molecule has 0 fully saturated rings. The van der Waals surface area contributed by atoms with E-state index in [4.69, 9.17) is 11.6 Å². The van der Waals surface area contributed by atoms with E-state index < -0.39 is 0 Å². The van der Waals surface area contributed by atoms with Crippen LogP contribution in [-0.4, -0.2) is 4.98 Å². The molecule has 100 valence electrons. The van der Waals surface area contributed by atoms with Gasteiger partial charge in [-0.3, -0.25) is 4.98 Å². The van der Waals surface area contributed by atoms with Gasteiger partial charge >= 0.3 is 0 Å². The van der Waals surface area contributed by atoms with Crippen LogP contribution < -0.4 is 0 Å². The van der Waals surface area contributed by atoms with Gasteiger partial charge < -0.3 is 0 Å². The Morgan fingerprint density at radius 2 is 1.79 bits per heavy atom. The normalized spacial score (nSPS) is 12.5. The minimum Gasteiger partial charge on any atom is -0.259 e. The fraction of sp³-hybridized carbons (Fsp3) is 0.267. The highest BCUT2D eigenvalue weighted by molar-refractivity contribution is 9.10. The maximum atomic E-state index is 6.07. The molecule has 1 aromatic heterocycles. The lowest BCUT2D eigenvalue weighted by Gasteiger charge is -2.18. The topological polar surface area (TPSA) is 12.9 Å². The van der Waals surface area contributed by atoms with Crippen LogP contribution in [-0.2, 0) is 0 Å². The van der Waals surface area contributed by atoms with E-state index in [1.807, 2.05) is 18.3 Å². The van der Waals surface area contributed by atoms with Crippen molar-refractivity contribution in [3.8, 4) is 0 Å². The van der Waals surface area contributed by atoms with Crippen LogP contribution in [0.4, 0.5) is 0 Å². The summed E-state index contributed by atoms with van der Waals surface area (Å²) in [6.07, 6.45) is 1.85. The first-order valence-corrected chi connectivity index (χ1v) is 7.94. The SMILES string of the molecule is Cc1cc(Br)cnc1C(C)c1c(C)cc(Cl)cc1Br. The van der Waals surface area contributed by atoms with Gasteiger partial charge in [0.15, 0.2) is 0 Å². The Bertz CT molecular complexity index is 603. The molecule has 0 aliphatic carbocycles. The molecule has 0 amide bonds. The number of pyridine rings is 1. The molecular weight excluding hydrogens is 389 g/mol. The summed E-state index contributed by atoms with van der Waals surface area (Å²) in [6, 6.07) is 6.03. The van der Waals surface area contributed by atoms with Crippen molar-refractivity contribution < 1.29 is 0 Å². The van der Waals surface area contributed by atoms with Gasteiger partial charge in [0.1, 0.15) is 0 Å². The number of benzene rings is 1. The first-order valence-electron chi connectivity index (χ1n) is 5.97. The van der Waals surface area contributed by atoms with E-state index >= 15 is 0 Å². The maximum absolute atomic E-state index is 6.07. The highest BCUT2D eigenvalue weighted by atomic mass is 79.9. The fourth-order valence-electron chi connectivity index (χ4n) is 2.40. The largest absolute Gasteiger partial charge is 0.259 e. The Balaban J connectivity index is 2.53. The molecule has 0 aliphatic rings. The third kappa shape index (κ3) is 3.21. The van der Waals surface area contributed by atoms with E-state index in [-0.39, 0.29) is 5.92 Å². The minimum absolute atomic E-state index is 0.222. The van der Waals surface area contributed by atoms with E-state index in [1.54, 1.807) is 0 Å². The Hall–Kier alpha value is -0.380. The Morgan fingerprint density at radius 3 is 2.37 bits per heavy atom. The molecule has 1 atom stereocenters. The third-order valence-electron chi connectivity index (χ3n) is 3.23. The highest BCUT2D eigenvalue weighted by Gasteiger charge is 2.18. The summed E-state index contributed by atoms with van der Waals surface area (Å²) < 4.78 is 2.04. The number of aryl methyl sites for hydroxylation is 2. The van der Waals surface area contributed by atoms with Crippen LogP contribution in [0.1, 0.15) is 35.2 Å². The van der Waals surface area contributed by atoms with Gasteiger partial charge in [0, 0.05) is 26.1 Å². The van der Waals surface area contributed by atoms with Crippen LogP contribution >= 0.6 is 43.5 Å². The van der Waals surface area contributed by atoms with Crippen molar-refractivity contribution in [2.75, 3.05) is 0 Å². The van der Waals surface area contributed by atoms with Gasteiger partial charge in [-0.15, -0.1) is 0 Å². The lowest BCUT2D eigenvalue weighted by molar-refractivity contribution is 0.843. The van der Waals surface area contributed by atoms with Crippen molar-refractivity contribution in [2.45, 2.75) is 26.7 Å². The van der Waals surface area contributed by atoms with E-state index in [0.29, 0.717) is 0 Å². The van der Waals surface area contributed by atoms with Crippen LogP contribution in [0.3, 0.4) is 0 Å². The second kappa shape index (κ2) is 5.94. The predicted molar refractivity (Wildman–Crippen MR) is 88.1 cm³/mol. The van der Waals surface area contributed by atoms with Crippen molar-refractivity contribution in [1.29, 1.82) is 0 Å². The molecule has 1 aromatic carbocycles. The highest BCUT2D eigenvalue weighted by Crippen LogP contribution is 2.35. The number of nitrogens with zero attached hydrogens (tertiary/aromatic N) is 1. The van der Waals surface area contributed by atoms with Gasteiger partial charge in [-0.25, -0.2) is 0 Å². The predicted octanol–water partition coefficient (Wildman–Crippen LogP) is 6.03. The van der Waals surface area contributed by atoms with Gasteiger partial charge in [-0.1, -0.05) is 34.5 Å². The number of halogens is 3. The van der Waals surface area contributed by atoms with Gasteiger partial charge in [0.05, 0.1) is 5.69 Å². The molecule has 0 spiro atoms. The van der Waals surface area contributed by atoms with Crippen molar-refractivity contribution >= 4 is 43.5 Å². The zero-order valence-corrected chi connectivity index (χ0v) is 14.9. The van der Waals surface area contributed by atoms with Crippen molar-refractivity contribution in [3.05, 3.63) is 60.7 Å². The second-order valence-electron chi connectivity index (χ2n) is 4.70. The fourth-order valence-corrected chi connectivity index (χ4v) is 4.16. The van der Waals surface area contributed by atoms with Crippen LogP contribution in [0.25, 0.3) is 0 Å². The first-order chi connectivity index (χ1) is 8.90. The molecular formula is C15H14Br2ClN. The molecule has 0 N–H and O–H groups in total. The molecule has 0 saturated carbocycles. The molecule has 2 aromatic rings. The smallest absolute Gasteiger partial charge is 0.0506 e. The van der Waals surface area contributed by atoms with Crippen LogP contribution in [0.2, 0.25) is 5.02 Å². The molecule has 0 bridgehead atoms. The number of aromatic nitrogens is 1. The molecule has 2 rings (SSSR count). The van der Waals surface area contributed by atoms with Gasteiger partial charge in [-0.2, -0.15) is 0 Å². The summed E-state index contributed by atoms with van der Waals surface area (Å²) in [7, 11) is 0. The van der Waals surface area contributed by atoms with Crippen molar-refractivity contribution in [1.82, 2.24) is 4.98 Å². The molecule has 1 unspecified atom stereocenters. The zero-order valence-electron chi connectivity index (χ0n) is 11.0.